The number of nitrogens with zero attached hydrogens (tertiary/aromatic N) is 1. The van der Waals surface area contributed by atoms with Crippen LogP contribution in [0.25, 0.3) is 0 Å². The Morgan fingerprint density at radius 3 is 1.11 bits per heavy atom. The zero-order chi connectivity index (χ0) is 8.08. The van der Waals surface area contributed by atoms with Gasteiger partial charge in [0.2, 0.25) is 0 Å². The minimum atomic E-state index is -3.81. The van der Waals surface area contributed by atoms with Crippen molar-refractivity contribution in [2.45, 2.75) is 0 Å². The Morgan fingerprint density at radius 2 is 1.11 bits per heavy atom. The Bertz CT molecular complexity index is 90.2. The lowest BCUT2D eigenvalue weighted by atomic mass is 11.0. The summed E-state index contributed by atoms with van der Waals surface area (Å²) in [6.45, 7) is -3.81. The van der Waals surface area contributed by atoms with Crippen LogP contribution in [-0.4, -0.2) is 40.7 Å². The Labute approximate surface area is 60.0 Å². The van der Waals surface area contributed by atoms with Gasteiger partial charge in [0.25, 0.3) is 0 Å². The van der Waals surface area contributed by atoms with E-state index in [9.17, 15) is 0 Å². The molecular formula is C3H12NO3PS. The van der Waals surface area contributed by atoms with Crippen molar-refractivity contribution < 1.29 is 14.7 Å². The molecule has 0 saturated heterocycles. The maximum absolute atomic E-state index is 7.56. The average molecular weight is 173 g/mol. The van der Waals surface area contributed by atoms with Gasteiger partial charge in [-0.3, -0.25) is 0 Å². The summed E-state index contributed by atoms with van der Waals surface area (Å²) in [5.74, 6) is 0. The highest BCUT2D eigenvalue weighted by molar-refractivity contribution is 8.06. The van der Waals surface area contributed by atoms with Crippen molar-refractivity contribution in [1.29, 1.82) is 0 Å². The normalized spacial score (nSPS) is 10.6. The van der Waals surface area contributed by atoms with Crippen molar-refractivity contribution in [1.82, 2.24) is 4.90 Å². The van der Waals surface area contributed by atoms with E-state index in [0.717, 1.165) is 0 Å². The van der Waals surface area contributed by atoms with Gasteiger partial charge in [0.15, 0.2) is 0 Å². The van der Waals surface area contributed by atoms with Crippen LogP contribution >= 0.6 is 6.72 Å². The first-order valence-electron chi connectivity index (χ1n) is 2.12. The van der Waals surface area contributed by atoms with E-state index in [-0.39, 0.29) is 0 Å². The lowest BCUT2D eigenvalue weighted by Crippen LogP contribution is -1.99. The fraction of sp³-hybridized carbons (Fsp3) is 1.00. The maximum Gasteiger partial charge on any atom is 0.319 e. The molecule has 6 heteroatoms. The molecule has 0 unspecified atom stereocenters. The summed E-state index contributed by atoms with van der Waals surface area (Å²) in [4.78, 5) is 24.7. The predicted molar refractivity (Wildman–Crippen MR) is 40.6 cm³/mol. The molecule has 0 aliphatic heterocycles. The van der Waals surface area contributed by atoms with E-state index in [0.29, 0.717) is 0 Å². The molecule has 3 N–H and O–H groups in total. The van der Waals surface area contributed by atoms with Crippen molar-refractivity contribution in [2.24, 2.45) is 0 Å². The first-order valence-corrected chi connectivity index (χ1v) is 4.78. The molecule has 58 valence electrons. The van der Waals surface area contributed by atoms with Gasteiger partial charge >= 0.3 is 6.72 Å². The third kappa shape index (κ3) is 1490. The van der Waals surface area contributed by atoms with E-state index >= 15 is 0 Å². The molecule has 0 aliphatic carbocycles. The highest BCUT2D eigenvalue weighted by atomic mass is 32.5. The van der Waals surface area contributed by atoms with Crippen LogP contribution in [0.3, 0.4) is 0 Å². The van der Waals surface area contributed by atoms with Crippen molar-refractivity contribution in [3.05, 3.63) is 0 Å². The fourth-order valence-electron chi connectivity index (χ4n) is 0. The van der Waals surface area contributed by atoms with Gasteiger partial charge in [0.05, 0.1) is 0 Å². The Hall–Kier alpha value is 0.490. The van der Waals surface area contributed by atoms with Gasteiger partial charge in [-0.05, 0) is 32.9 Å². The minimum Gasteiger partial charge on any atom is -0.325 e. The summed E-state index contributed by atoms with van der Waals surface area (Å²) in [5, 5.41) is 0. The molecule has 4 nitrogen and oxygen atoms in total. The summed E-state index contributed by atoms with van der Waals surface area (Å²) in [5.41, 5.74) is 0. The third-order valence-corrected chi connectivity index (χ3v) is 0. The quantitative estimate of drug-likeness (QED) is 0.425. The summed E-state index contributed by atoms with van der Waals surface area (Å²) < 4.78 is 0. The lowest BCUT2D eigenvalue weighted by molar-refractivity contribution is 0.363. The molecule has 0 atom stereocenters. The molecule has 0 aromatic rings. The number of hydrogen-bond donors (Lipinski definition) is 3. The van der Waals surface area contributed by atoms with Gasteiger partial charge in [-0.25, -0.2) is 0 Å². The van der Waals surface area contributed by atoms with Gasteiger partial charge in [0, 0.05) is 0 Å². The molecule has 0 saturated carbocycles. The van der Waals surface area contributed by atoms with Crippen LogP contribution in [-0.2, 0) is 11.8 Å². The second kappa shape index (κ2) is 5.29. The van der Waals surface area contributed by atoms with E-state index in [1.807, 2.05) is 26.0 Å². The molecule has 0 rings (SSSR count). The van der Waals surface area contributed by atoms with Gasteiger partial charge in [-0.15, -0.1) is 0 Å². The monoisotopic (exact) mass is 173 g/mol. The minimum absolute atomic E-state index is 2.00. The first-order chi connectivity index (χ1) is 3.73. The zero-order valence-corrected chi connectivity index (χ0v) is 7.36. The number of rotatable bonds is 0. The van der Waals surface area contributed by atoms with Crippen molar-refractivity contribution in [3.63, 3.8) is 0 Å². The topological polar surface area (TPSA) is 63.9 Å². The summed E-state index contributed by atoms with van der Waals surface area (Å²) in [7, 11) is 6.00. The highest BCUT2D eigenvalue weighted by Gasteiger charge is 1.92. The van der Waals surface area contributed by atoms with E-state index < -0.39 is 6.72 Å². The van der Waals surface area contributed by atoms with Crippen LogP contribution in [0.2, 0.25) is 0 Å². The maximum atomic E-state index is 7.56. The van der Waals surface area contributed by atoms with Crippen LogP contribution in [0.15, 0.2) is 0 Å². The van der Waals surface area contributed by atoms with Crippen LogP contribution in [0, 0.1) is 0 Å². The second-order valence-electron chi connectivity index (χ2n) is 1.85. The van der Waals surface area contributed by atoms with Crippen LogP contribution < -0.4 is 0 Å². The van der Waals surface area contributed by atoms with E-state index in [1.54, 1.807) is 0 Å². The summed E-state index contributed by atoms with van der Waals surface area (Å²) in [6.07, 6.45) is 0. The summed E-state index contributed by atoms with van der Waals surface area (Å²) >= 11 is 3.60. The molecule has 9 heavy (non-hydrogen) atoms. The molecule has 0 bridgehead atoms. The molecular weight excluding hydrogens is 161 g/mol. The SMILES string of the molecule is CN(C)C.OP(O)(O)=S. The smallest absolute Gasteiger partial charge is 0.319 e. The molecule has 0 amide bonds. The number of hydrogen-bond acceptors (Lipinski definition) is 2. The zero-order valence-electron chi connectivity index (χ0n) is 5.64. The average Bonchev–Trinajstić information content (AvgIpc) is 1.19. The van der Waals surface area contributed by atoms with E-state index in [1.165, 1.54) is 0 Å². The molecule has 0 spiro atoms. The van der Waals surface area contributed by atoms with E-state index in [2.05, 4.69) is 11.8 Å². The summed E-state index contributed by atoms with van der Waals surface area (Å²) in [6, 6.07) is 0. The largest absolute Gasteiger partial charge is 0.325 e. The van der Waals surface area contributed by atoms with Crippen molar-refractivity contribution in [3.8, 4) is 0 Å². The van der Waals surface area contributed by atoms with Crippen molar-refractivity contribution in [2.75, 3.05) is 21.1 Å². The van der Waals surface area contributed by atoms with Crippen LogP contribution in [0.4, 0.5) is 0 Å². The highest BCUT2D eigenvalue weighted by Crippen LogP contribution is 2.26. The predicted octanol–water partition coefficient (Wildman–Crippen LogP) is -0.634. The van der Waals surface area contributed by atoms with Crippen LogP contribution in [0.5, 0.6) is 0 Å². The van der Waals surface area contributed by atoms with Crippen LogP contribution in [0.1, 0.15) is 0 Å². The fourth-order valence-corrected chi connectivity index (χ4v) is 0. The molecule has 0 aromatic carbocycles. The Kier molecular flexibility index (Phi) is 7.16. The van der Waals surface area contributed by atoms with E-state index in [4.69, 9.17) is 14.7 Å². The van der Waals surface area contributed by atoms with Gasteiger partial charge in [0.1, 0.15) is 0 Å². The lowest BCUT2D eigenvalue weighted by Gasteiger charge is -1.90. The molecule has 0 heterocycles. The van der Waals surface area contributed by atoms with Gasteiger partial charge < -0.3 is 19.6 Å². The molecule has 0 radical (unpaired) electrons. The van der Waals surface area contributed by atoms with Gasteiger partial charge in [-0.1, -0.05) is 0 Å². The molecule has 0 fully saturated rings. The Balaban J connectivity index is 0. The Morgan fingerprint density at radius 1 is 1.11 bits per heavy atom. The van der Waals surface area contributed by atoms with Gasteiger partial charge in [-0.2, -0.15) is 0 Å². The molecule has 0 aliphatic rings. The second-order valence-corrected chi connectivity index (χ2v) is 4.35. The first kappa shape index (κ1) is 12.2. The molecule has 0 aromatic heterocycles. The van der Waals surface area contributed by atoms with Crippen molar-refractivity contribution >= 4 is 18.5 Å². The standard InChI is InChI=1S/C3H9N.H3O3PS/c1-4(2)3;1-4(2,3)5/h1-3H3;(H3,1,2,3,5). The third-order valence-electron chi connectivity index (χ3n) is 0.